The molecule has 1 heterocycles. The number of hydrogen-bond acceptors (Lipinski definition) is 3. The van der Waals surface area contributed by atoms with E-state index in [0.717, 1.165) is 24.4 Å². The summed E-state index contributed by atoms with van der Waals surface area (Å²) in [5.41, 5.74) is 0.224. The summed E-state index contributed by atoms with van der Waals surface area (Å²) in [5, 5.41) is 4.60. The number of aromatic nitrogens is 1. The van der Waals surface area contributed by atoms with E-state index in [1.807, 2.05) is 0 Å². The second kappa shape index (κ2) is 6.29. The minimum Gasteiger partial charge on any atom is -0.406 e. The topological polar surface area (TPSA) is 63.2 Å². The molecule has 0 fully saturated rings. The van der Waals surface area contributed by atoms with Crippen LogP contribution in [0.3, 0.4) is 0 Å². The van der Waals surface area contributed by atoms with Crippen LogP contribution in [-0.2, 0) is 0 Å². The molecule has 0 unspecified atom stereocenters. The van der Waals surface area contributed by atoms with Gasteiger partial charge in [-0.25, -0.2) is 9.78 Å². The SMILES string of the molecule is O=C(Nc1cccc(OC(F)(F)F)c1)Nc1ccnc(F)c1. The smallest absolute Gasteiger partial charge is 0.406 e. The first-order chi connectivity index (χ1) is 10.3. The van der Waals surface area contributed by atoms with Crippen LogP contribution in [0.2, 0.25) is 0 Å². The maximum Gasteiger partial charge on any atom is 0.573 e. The standard InChI is InChI=1S/C13H9F4N3O2/c14-11-7-9(4-5-18-11)20-12(21)19-8-2-1-3-10(6-8)22-13(15,16)17/h1-7H,(H2,18,19,20,21). The van der Waals surface area contributed by atoms with Crippen molar-refractivity contribution in [2.75, 3.05) is 10.6 Å². The third kappa shape index (κ3) is 4.93. The molecule has 116 valence electrons. The Morgan fingerprint density at radius 3 is 2.41 bits per heavy atom. The van der Waals surface area contributed by atoms with Gasteiger partial charge in [-0.1, -0.05) is 6.07 Å². The molecule has 2 rings (SSSR count). The number of pyridine rings is 1. The number of nitrogens with zero attached hydrogens (tertiary/aromatic N) is 1. The number of carbonyl (C=O) groups excluding carboxylic acids is 1. The number of hydrogen-bond donors (Lipinski definition) is 2. The van der Waals surface area contributed by atoms with Gasteiger partial charge in [0.25, 0.3) is 0 Å². The lowest BCUT2D eigenvalue weighted by molar-refractivity contribution is -0.274. The highest BCUT2D eigenvalue weighted by molar-refractivity contribution is 5.99. The van der Waals surface area contributed by atoms with Gasteiger partial charge in [-0.2, -0.15) is 4.39 Å². The molecule has 0 atom stereocenters. The number of rotatable bonds is 3. The highest BCUT2D eigenvalue weighted by Crippen LogP contribution is 2.25. The molecule has 0 aliphatic heterocycles. The van der Waals surface area contributed by atoms with Crippen LogP contribution >= 0.6 is 0 Å². The van der Waals surface area contributed by atoms with Gasteiger partial charge in [-0.3, -0.25) is 0 Å². The van der Waals surface area contributed by atoms with Crippen LogP contribution in [0.4, 0.5) is 33.7 Å². The van der Waals surface area contributed by atoms with Crippen molar-refractivity contribution in [2.24, 2.45) is 0 Å². The van der Waals surface area contributed by atoms with Crippen LogP contribution in [0, 0.1) is 5.95 Å². The summed E-state index contributed by atoms with van der Waals surface area (Å²) in [4.78, 5) is 15.0. The van der Waals surface area contributed by atoms with Crippen LogP contribution in [0.1, 0.15) is 0 Å². The molecule has 1 aromatic carbocycles. The van der Waals surface area contributed by atoms with E-state index in [9.17, 15) is 22.4 Å². The van der Waals surface area contributed by atoms with E-state index >= 15 is 0 Å². The molecule has 0 saturated heterocycles. The number of benzene rings is 1. The first-order valence-electron chi connectivity index (χ1n) is 5.87. The molecule has 0 aliphatic rings. The summed E-state index contributed by atoms with van der Waals surface area (Å²) in [7, 11) is 0. The van der Waals surface area contributed by atoms with Crippen LogP contribution in [0.15, 0.2) is 42.6 Å². The molecule has 0 saturated carbocycles. The summed E-state index contributed by atoms with van der Waals surface area (Å²) in [6.45, 7) is 0. The molecule has 9 heteroatoms. The van der Waals surface area contributed by atoms with Gasteiger partial charge in [0, 0.05) is 29.7 Å². The first-order valence-corrected chi connectivity index (χ1v) is 5.87. The molecule has 0 radical (unpaired) electrons. The molecule has 2 N–H and O–H groups in total. The van der Waals surface area contributed by atoms with Crippen molar-refractivity contribution in [2.45, 2.75) is 6.36 Å². The summed E-state index contributed by atoms with van der Waals surface area (Å²) in [6.07, 6.45) is -3.67. The number of alkyl halides is 3. The Bertz CT molecular complexity index is 676. The Labute approximate surface area is 121 Å². The van der Waals surface area contributed by atoms with Gasteiger partial charge in [0.15, 0.2) is 0 Å². The molecule has 0 aliphatic carbocycles. The second-order valence-corrected chi connectivity index (χ2v) is 4.02. The first kappa shape index (κ1) is 15.5. The Morgan fingerprint density at radius 1 is 1.09 bits per heavy atom. The lowest BCUT2D eigenvalue weighted by Crippen LogP contribution is -2.20. The van der Waals surface area contributed by atoms with Gasteiger partial charge in [-0.15, -0.1) is 13.2 Å². The van der Waals surface area contributed by atoms with E-state index in [1.165, 1.54) is 18.2 Å². The van der Waals surface area contributed by atoms with E-state index in [-0.39, 0.29) is 11.4 Å². The van der Waals surface area contributed by atoms with E-state index in [1.54, 1.807) is 0 Å². The zero-order chi connectivity index (χ0) is 16.2. The molecule has 1 aromatic heterocycles. The van der Waals surface area contributed by atoms with Crippen molar-refractivity contribution in [1.82, 2.24) is 4.98 Å². The molecular weight excluding hydrogens is 306 g/mol. The lowest BCUT2D eigenvalue weighted by Gasteiger charge is -2.11. The van der Waals surface area contributed by atoms with Crippen molar-refractivity contribution >= 4 is 17.4 Å². The zero-order valence-electron chi connectivity index (χ0n) is 10.8. The maximum absolute atomic E-state index is 12.8. The minimum absolute atomic E-state index is 0.0776. The Morgan fingerprint density at radius 2 is 1.77 bits per heavy atom. The highest BCUT2D eigenvalue weighted by atomic mass is 19.4. The number of halogens is 4. The van der Waals surface area contributed by atoms with Crippen LogP contribution in [0.25, 0.3) is 0 Å². The summed E-state index contributed by atoms with van der Waals surface area (Å²) < 4.78 is 52.9. The Hall–Kier alpha value is -2.84. The average Bonchev–Trinajstić information content (AvgIpc) is 2.36. The number of amides is 2. The van der Waals surface area contributed by atoms with Crippen molar-refractivity contribution in [3.8, 4) is 5.75 Å². The molecular formula is C13H9F4N3O2. The number of urea groups is 1. The van der Waals surface area contributed by atoms with E-state index < -0.39 is 24.1 Å². The number of ether oxygens (including phenoxy) is 1. The largest absolute Gasteiger partial charge is 0.573 e. The summed E-state index contributed by atoms with van der Waals surface area (Å²) in [6, 6.07) is 6.33. The third-order valence-corrected chi connectivity index (χ3v) is 2.31. The molecule has 0 spiro atoms. The average molecular weight is 315 g/mol. The van der Waals surface area contributed by atoms with Gasteiger partial charge in [0.2, 0.25) is 5.95 Å². The zero-order valence-corrected chi connectivity index (χ0v) is 10.8. The van der Waals surface area contributed by atoms with Crippen LogP contribution in [0.5, 0.6) is 5.75 Å². The quantitative estimate of drug-likeness (QED) is 0.669. The van der Waals surface area contributed by atoms with E-state index in [0.29, 0.717) is 0 Å². The molecule has 22 heavy (non-hydrogen) atoms. The fraction of sp³-hybridized carbons (Fsp3) is 0.0769. The van der Waals surface area contributed by atoms with Gasteiger partial charge >= 0.3 is 12.4 Å². The van der Waals surface area contributed by atoms with Gasteiger partial charge in [-0.05, 0) is 18.2 Å². The summed E-state index contributed by atoms with van der Waals surface area (Å²) in [5.74, 6) is -1.25. The predicted molar refractivity (Wildman–Crippen MR) is 70.0 cm³/mol. The third-order valence-electron chi connectivity index (χ3n) is 2.31. The van der Waals surface area contributed by atoms with Gasteiger partial charge in [0.1, 0.15) is 5.75 Å². The summed E-state index contributed by atoms with van der Waals surface area (Å²) >= 11 is 0. The Kier molecular flexibility index (Phi) is 4.44. The molecule has 5 nitrogen and oxygen atoms in total. The Balaban J connectivity index is 2.01. The van der Waals surface area contributed by atoms with Crippen molar-refractivity contribution in [3.63, 3.8) is 0 Å². The van der Waals surface area contributed by atoms with Crippen molar-refractivity contribution < 1.29 is 27.1 Å². The predicted octanol–water partition coefficient (Wildman–Crippen LogP) is 3.76. The van der Waals surface area contributed by atoms with Gasteiger partial charge < -0.3 is 15.4 Å². The maximum atomic E-state index is 12.8. The second-order valence-electron chi connectivity index (χ2n) is 4.02. The van der Waals surface area contributed by atoms with Crippen molar-refractivity contribution in [3.05, 3.63) is 48.5 Å². The molecule has 2 amide bonds. The fourth-order valence-corrected chi connectivity index (χ4v) is 1.54. The van der Waals surface area contributed by atoms with E-state index in [4.69, 9.17) is 0 Å². The van der Waals surface area contributed by atoms with Crippen LogP contribution < -0.4 is 15.4 Å². The highest BCUT2D eigenvalue weighted by Gasteiger charge is 2.31. The monoisotopic (exact) mass is 315 g/mol. The number of nitrogens with one attached hydrogen (secondary N) is 2. The number of carbonyl (C=O) groups is 1. The molecule has 2 aromatic rings. The molecule has 0 bridgehead atoms. The van der Waals surface area contributed by atoms with Crippen molar-refractivity contribution in [1.29, 1.82) is 0 Å². The van der Waals surface area contributed by atoms with E-state index in [2.05, 4.69) is 20.4 Å². The fourth-order valence-electron chi connectivity index (χ4n) is 1.54. The van der Waals surface area contributed by atoms with Crippen LogP contribution in [-0.4, -0.2) is 17.4 Å². The lowest BCUT2D eigenvalue weighted by atomic mass is 10.3. The van der Waals surface area contributed by atoms with Gasteiger partial charge in [0.05, 0.1) is 0 Å². The normalized spacial score (nSPS) is 10.9. The number of anilines is 2. The minimum atomic E-state index is -4.82.